The van der Waals surface area contributed by atoms with E-state index >= 15 is 0 Å². The zero-order valence-corrected chi connectivity index (χ0v) is 31.0. The summed E-state index contributed by atoms with van der Waals surface area (Å²) in [5, 5.41) is 10.9. The first-order chi connectivity index (χ1) is 27.5. The van der Waals surface area contributed by atoms with Crippen molar-refractivity contribution in [1.29, 1.82) is 0 Å². The van der Waals surface area contributed by atoms with E-state index in [4.69, 9.17) is 9.97 Å². The third-order valence-corrected chi connectivity index (χ3v) is 12.1. The second-order valence-electron chi connectivity index (χ2n) is 15.7. The third-order valence-electron chi connectivity index (χ3n) is 12.1. The molecule has 0 bridgehead atoms. The molecular weight excluding hydrogens is 681 g/mol. The molecule has 56 heavy (non-hydrogen) atoms. The second-order valence-corrected chi connectivity index (χ2v) is 15.7. The molecule has 12 rings (SSSR count). The molecule has 0 amide bonds. The van der Waals surface area contributed by atoms with Crippen LogP contribution in [-0.4, -0.2) is 19.5 Å². The van der Waals surface area contributed by atoms with Gasteiger partial charge in [0.05, 0.1) is 27.9 Å². The smallest absolute Gasteiger partial charge is 0.160 e. The average molecular weight is 715 g/mol. The molecule has 262 valence electrons. The van der Waals surface area contributed by atoms with Crippen LogP contribution in [0.1, 0.15) is 25.1 Å². The SMILES string of the molecule is CC1(C)c2ccccc2-c2c(-c3cccc4cc(-n5c6cc7ccccc7cc6c6cc7ccccc7cc65)ccc34)nc(-c3ccc4cccnc4c3)nc21. The monoisotopic (exact) mass is 714 g/mol. The Hall–Kier alpha value is -7.17. The number of benzene rings is 8. The van der Waals surface area contributed by atoms with Crippen molar-refractivity contribution >= 4 is 65.0 Å². The highest BCUT2D eigenvalue weighted by Gasteiger charge is 2.39. The van der Waals surface area contributed by atoms with E-state index in [0.29, 0.717) is 5.82 Å². The largest absolute Gasteiger partial charge is 0.309 e. The number of aromatic nitrogens is 4. The molecule has 0 saturated carbocycles. The molecule has 1 aliphatic carbocycles. The molecular formula is C52H34N4. The minimum absolute atomic E-state index is 0.296. The van der Waals surface area contributed by atoms with Gasteiger partial charge in [0.25, 0.3) is 0 Å². The van der Waals surface area contributed by atoms with Crippen molar-refractivity contribution in [3.63, 3.8) is 0 Å². The molecule has 3 aromatic heterocycles. The van der Waals surface area contributed by atoms with Gasteiger partial charge in [-0.25, -0.2) is 9.97 Å². The molecule has 0 saturated heterocycles. The van der Waals surface area contributed by atoms with Gasteiger partial charge in [-0.3, -0.25) is 4.98 Å². The quantitative estimate of drug-likeness (QED) is 0.183. The normalized spacial score (nSPS) is 13.3. The number of hydrogen-bond donors (Lipinski definition) is 0. The Morgan fingerprint density at radius 3 is 1.88 bits per heavy atom. The van der Waals surface area contributed by atoms with E-state index in [2.05, 4.69) is 181 Å². The fourth-order valence-corrected chi connectivity index (χ4v) is 9.35. The van der Waals surface area contributed by atoms with Crippen LogP contribution in [0.15, 0.2) is 170 Å². The molecule has 0 atom stereocenters. The minimum atomic E-state index is -0.296. The zero-order chi connectivity index (χ0) is 37.1. The zero-order valence-electron chi connectivity index (χ0n) is 31.0. The fourth-order valence-electron chi connectivity index (χ4n) is 9.35. The van der Waals surface area contributed by atoms with E-state index in [1.807, 2.05) is 12.3 Å². The van der Waals surface area contributed by atoms with Gasteiger partial charge >= 0.3 is 0 Å². The Morgan fingerprint density at radius 2 is 1.12 bits per heavy atom. The van der Waals surface area contributed by atoms with Crippen molar-refractivity contribution in [3.8, 4) is 39.5 Å². The Morgan fingerprint density at radius 1 is 0.482 bits per heavy atom. The number of rotatable bonds is 3. The van der Waals surface area contributed by atoms with Gasteiger partial charge in [0.15, 0.2) is 5.82 Å². The molecule has 1 aliphatic rings. The third kappa shape index (κ3) is 4.44. The highest BCUT2D eigenvalue weighted by molar-refractivity contribution is 6.17. The number of nitrogens with zero attached hydrogens (tertiary/aromatic N) is 4. The van der Waals surface area contributed by atoms with Gasteiger partial charge < -0.3 is 4.57 Å². The molecule has 0 radical (unpaired) electrons. The van der Waals surface area contributed by atoms with Crippen LogP contribution in [-0.2, 0) is 5.41 Å². The fraction of sp³-hybridized carbons (Fsp3) is 0.0577. The molecule has 4 nitrogen and oxygen atoms in total. The lowest BCUT2D eigenvalue weighted by Crippen LogP contribution is -2.17. The lowest BCUT2D eigenvalue weighted by atomic mass is 9.85. The molecule has 0 unspecified atom stereocenters. The van der Waals surface area contributed by atoms with Crippen LogP contribution in [0.3, 0.4) is 0 Å². The van der Waals surface area contributed by atoms with E-state index < -0.39 is 0 Å². The van der Waals surface area contributed by atoms with E-state index in [0.717, 1.165) is 55.4 Å². The van der Waals surface area contributed by atoms with E-state index in [-0.39, 0.29) is 5.41 Å². The van der Waals surface area contributed by atoms with Crippen molar-refractivity contribution in [1.82, 2.24) is 19.5 Å². The number of fused-ring (bicyclic) bond motifs is 10. The van der Waals surface area contributed by atoms with E-state index in [9.17, 15) is 0 Å². The lowest BCUT2D eigenvalue weighted by molar-refractivity contribution is 0.636. The highest BCUT2D eigenvalue weighted by Crippen LogP contribution is 2.52. The summed E-state index contributed by atoms with van der Waals surface area (Å²) in [6, 6.07) is 59.5. The maximum Gasteiger partial charge on any atom is 0.160 e. The average Bonchev–Trinajstić information content (AvgIpc) is 3.67. The van der Waals surface area contributed by atoms with Crippen LogP contribution in [0.2, 0.25) is 0 Å². The standard InChI is InChI=1S/C52H34N4/c1-52(2)44-19-8-7-17-41(44)48-49(54-51(55-50(48)52)37-21-20-31-16-10-24-53-45(31)28-37)40-18-9-15-36-25-38(22-23-39(36)40)56-46-29-34-13-5-3-11-32(34)26-42(46)43-27-33-12-4-6-14-35(33)30-47(43)56/h3-30H,1-2H3. The summed E-state index contributed by atoms with van der Waals surface area (Å²) >= 11 is 0. The molecule has 0 spiro atoms. The van der Waals surface area contributed by atoms with Crippen LogP contribution >= 0.6 is 0 Å². The number of hydrogen-bond acceptors (Lipinski definition) is 3. The van der Waals surface area contributed by atoms with Crippen molar-refractivity contribution in [2.24, 2.45) is 0 Å². The molecule has 11 aromatic rings. The second kappa shape index (κ2) is 11.4. The maximum atomic E-state index is 5.47. The summed E-state index contributed by atoms with van der Waals surface area (Å²) in [6.45, 7) is 4.57. The van der Waals surface area contributed by atoms with Gasteiger partial charge in [0.1, 0.15) is 0 Å². The van der Waals surface area contributed by atoms with Crippen LogP contribution in [0.4, 0.5) is 0 Å². The molecule has 8 aromatic carbocycles. The van der Waals surface area contributed by atoms with Crippen LogP contribution in [0.25, 0.3) is 104 Å². The summed E-state index contributed by atoms with van der Waals surface area (Å²) in [7, 11) is 0. The van der Waals surface area contributed by atoms with E-state index in [1.54, 1.807) is 0 Å². The lowest BCUT2D eigenvalue weighted by Gasteiger charge is -2.21. The van der Waals surface area contributed by atoms with Gasteiger partial charge in [-0.1, -0.05) is 129 Å². The summed E-state index contributed by atoms with van der Waals surface area (Å²) in [5.41, 5.74) is 11.8. The van der Waals surface area contributed by atoms with Crippen molar-refractivity contribution < 1.29 is 0 Å². The minimum Gasteiger partial charge on any atom is -0.309 e. The van der Waals surface area contributed by atoms with Gasteiger partial charge in [0, 0.05) is 50.1 Å². The van der Waals surface area contributed by atoms with Crippen molar-refractivity contribution in [2.75, 3.05) is 0 Å². The van der Waals surface area contributed by atoms with E-state index in [1.165, 1.54) is 54.5 Å². The topological polar surface area (TPSA) is 43.6 Å². The first-order valence-electron chi connectivity index (χ1n) is 19.3. The number of pyridine rings is 1. The first-order valence-corrected chi connectivity index (χ1v) is 19.3. The first kappa shape index (κ1) is 31.2. The van der Waals surface area contributed by atoms with Gasteiger partial charge in [-0.15, -0.1) is 0 Å². The van der Waals surface area contributed by atoms with Crippen LogP contribution < -0.4 is 0 Å². The predicted molar refractivity (Wildman–Crippen MR) is 233 cm³/mol. The van der Waals surface area contributed by atoms with Crippen molar-refractivity contribution in [3.05, 3.63) is 181 Å². The Kier molecular flexibility index (Phi) is 6.37. The highest BCUT2D eigenvalue weighted by atomic mass is 15.0. The summed E-state index contributed by atoms with van der Waals surface area (Å²) in [4.78, 5) is 15.5. The Balaban J connectivity index is 1.11. The van der Waals surface area contributed by atoms with Gasteiger partial charge in [0.2, 0.25) is 0 Å². The van der Waals surface area contributed by atoms with Crippen molar-refractivity contribution in [2.45, 2.75) is 19.3 Å². The van der Waals surface area contributed by atoms with Gasteiger partial charge in [-0.05, 0) is 92.0 Å². The summed E-state index contributed by atoms with van der Waals surface area (Å²) in [5.74, 6) is 0.713. The Bertz CT molecular complexity index is 3370. The summed E-state index contributed by atoms with van der Waals surface area (Å²) in [6.07, 6.45) is 1.84. The molecule has 3 heterocycles. The molecule has 4 heteroatoms. The van der Waals surface area contributed by atoms with Crippen LogP contribution in [0, 0.1) is 0 Å². The molecule has 0 N–H and O–H groups in total. The molecule has 0 fully saturated rings. The summed E-state index contributed by atoms with van der Waals surface area (Å²) < 4.78 is 2.45. The molecule has 0 aliphatic heterocycles. The predicted octanol–water partition coefficient (Wildman–Crippen LogP) is 13.2. The Labute approximate surface area is 323 Å². The van der Waals surface area contributed by atoms with Gasteiger partial charge in [-0.2, -0.15) is 0 Å². The van der Waals surface area contributed by atoms with Crippen LogP contribution in [0.5, 0.6) is 0 Å². The maximum absolute atomic E-state index is 5.47.